The molecule has 0 radical (unpaired) electrons. The summed E-state index contributed by atoms with van der Waals surface area (Å²) in [6.07, 6.45) is 9.77. The molecular weight excluding hydrogens is 254 g/mol. The van der Waals surface area contributed by atoms with Crippen LogP contribution in [0.15, 0.2) is 64.7 Å². The van der Waals surface area contributed by atoms with E-state index in [9.17, 15) is 0 Å². The van der Waals surface area contributed by atoms with E-state index in [4.69, 9.17) is 0 Å². The molecule has 0 saturated carbocycles. The number of fused-ring (bicyclic) bond motifs is 1. The summed E-state index contributed by atoms with van der Waals surface area (Å²) in [5, 5.41) is 6.00. The number of hydrogen-bond acceptors (Lipinski definition) is 1. The monoisotopic (exact) mass is 272 g/mol. The smallest absolute Gasteiger partial charge is 0.0701 e. The van der Waals surface area contributed by atoms with E-state index in [0.717, 1.165) is 5.52 Å². The van der Waals surface area contributed by atoms with Crippen molar-refractivity contribution in [2.45, 2.75) is 16.9 Å². The summed E-state index contributed by atoms with van der Waals surface area (Å²) in [5.74, 6) is 0. The Labute approximate surface area is 115 Å². The SMILES string of the molecule is [CH3][Ti]([CH3])[C]1=CC=CC1.c1ccc2ncccc2c1. The first kappa shape index (κ1) is 13.3. The van der Waals surface area contributed by atoms with Gasteiger partial charge in [-0.3, -0.25) is 4.98 Å². The van der Waals surface area contributed by atoms with E-state index < -0.39 is 17.9 Å². The fourth-order valence-corrected chi connectivity index (χ4v) is 3.33. The Morgan fingerprint density at radius 1 is 1.06 bits per heavy atom. The molecule has 0 saturated heterocycles. The number of pyridine rings is 1. The van der Waals surface area contributed by atoms with E-state index in [1.807, 2.05) is 30.5 Å². The summed E-state index contributed by atoms with van der Waals surface area (Å²) < 4.78 is 1.73. The van der Waals surface area contributed by atoms with Crippen LogP contribution >= 0.6 is 0 Å². The Balaban J connectivity index is 0.000000138. The molecule has 18 heavy (non-hydrogen) atoms. The minimum absolute atomic E-state index is 0.657. The number of nitrogens with zero attached hydrogens (tertiary/aromatic N) is 1. The summed E-state index contributed by atoms with van der Waals surface area (Å²) in [6.45, 7) is 0. The molecule has 0 aliphatic heterocycles. The van der Waals surface area contributed by atoms with Gasteiger partial charge < -0.3 is 0 Å². The Morgan fingerprint density at radius 2 is 1.83 bits per heavy atom. The van der Waals surface area contributed by atoms with Crippen LogP contribution in [0.5, 0.6) is 0 Å². The van der Waals surface area contributed by atoms with Gasteiger partial charge in [-0.2, -0.15) is 0 Å². The number of para-hydroxylation sites is 1. The van der Waals surface area contributed by atoms with Gasteiger partial charge >= 0.3 is 56.9 Å². The van der Waals surface area contributed by atoms with E-state index in [-0.39, 0.29) is 0 Å². The third-order valence-electron chi connectivity index (χ3n) is 2.93. The Kier molecular flexibility index (Phi) is 4.92. The van der Waals surface area contributed by atoms with Crippen LogP contribution in [0.25, 0.3) is 10.9 Å². The Morgan fingerprint density at radius 3 is 2.44 bits per heavy atom. The molecule has 2 heteroatoms. The van der Waals surface area contributed by atoms with Crippen molar-refractivity contribution in [1.82, 2.24) is 4.98 Å². The van der Waals surface area contributed by atoms with Gasteiger partial charge in [0.1, 0.15) is 0 Å². The fourth-order valence-electron chi connectivity index (χ4n) is 1.83. The van der Waals surface area contributed by atoms with Crippen molar-refractivity contribution in [3.8, 4) is 0 Å². The number of hydrogen-bond donors (Lipinski definition) is 0. The minimum atomic E-state index is -0.657. The van der Waals surface area contributed by atoms with Crippen LogP contribution in [-0.2, 0) is 17.9 Å². The van der Waals surface area contributed by atoms with Gasteiger partial charge in [-0.25, -0.2) is 0 Å². The molecule has 0 unspecified atom stereocenters. The largest absolute Gasteiger partial charge is 0.256 e. The molecule has 0 fully saturated rings. The van der Waals surface area contributed by atoms with Crippen LogP contribution in [0.3, 0.4) is 0 Å². The predicted octanol–water partition coefficient (Wildman–Crippen LogP) is 4.78. The van der Waals surface area contributed by atoms with E-state index in [0.29, 0.717) is 0 Å². The molecule has 91 valence electrons. The molecule has 0 N–H and O–H groups in total. The zero-order valence-electron chi connectivity index (χ0n) is 10.9. The van der Waals surface area contributed by atoms with Crippen molar-refractivity contribution < 1.29 is 17.9 Å². The first-order valence-corrected chi connectivity index (χ1v) is 10.1. The average molecular weight is 272 g/mol. The summed E-state index contributed by atoms with van der Waals surface area (Å²) in [4.78, 5) is 4.18. The third kappa shape index (κ3) is 3.66. The minimum Gasteiger partial charge on any atom is -0.256 e. The van der Waals surface area contributed by atoms with E-state index in [1.54, 1.807) is 3.88 Å². The number of aromatic nitrogens is 1. The molecular formula is C16H18NTi. The van der Waals surface area contributed by atoms with Gasteiger partial charge in [0.2, 0.25) is 0 Å². The second-order valence-corrected chi connectivity index (χ2v) is 8.65. The standard InChI is InChI=1S/C9H7N.C5H5.2CH3.Ti/c1-2-6-9-8(4-1)5-3-7-10-9;1-2-4-5-3-1;;;/h1-7H;1-3H,4H2;2*1H3;. The molecule has 1 aromatic carbocycles. The van der Waals surface area contributed by atoms with Gasteiger partial charge in [0.05, 0.1) is 5.52 Å². The van der Waals surface area contributed by atoms with Crippen molar-refractivity contribution in [1.29, 1.82) is 0 Å². The van der Waals surface area contributed by atoms with Crippen molar-refractivity contribution >= 4 is 10.9 Å². The summed E-state index contributed by atoms with van der Waals surface area (Å²) in [7, 11) is 0. The molecule has 1 nitrogen and oxygen atoms in total. The van der Waals surface area contributed by atoms with E-state index in [1.165, 1.54) is 11.8 Å². The third-order valence-corrected chi connectivity index (χ3v) is 5.51. The zero-order valence-corrected chi connectivity index (χ0v) is 12.5. The van der Waals surface area contributed by atoms with Crippen LogP contribution in [-0.4, -0.2) is 4.98 Å². The molecule has 0 bridgehead atoms. The molecule has 0 spiro atoms. The predicted molar refractivity (Wildman–Crippen MR) is 75.3 cm³/mol. The van der Waals surface area contributed by atoms with Gasteiger partial charge in [0.15, 0.2) is 0 Å². The van der Waals surface area contributed by atoms with Crippen molar-refractivity contribution in [3.05, 3.63) is 64.7 Å². The normalized spacial score (nSPS) is 12.9. The second kappa shape index (κ2) is 6.68. The molecule has 1 aromatic heterocycles. The van der Waals surface area contributed by atoms with Gasteiger partial charge in [-0.1, -0.05) is 24.3 Å². The Hall–Kier alpha value is -1.18. The van der Waals surface area contributed by atoms with Crippen LogP contribution < -0.4 is 0 Å². The number of benzene rings is 1. The quantitative estimate of drug-likeness (QED) is 0.681. The average Bonchev–Trinajstić information content (AvgIpc) is 2.94. The molecule has 0 atom stereocenters. The second-order valence-electron chi connectivity index (χ2n) is 4.52. The van der Waals surface area contributed by atoms with E-state index >= 15 is 0 Å². The van der Waals surface area contributed by atoms with Crippen molar-refractivity contribution in [2.24, 2.45) is 0 Å². The van der Waals surface area contributed by atoms with Gasteiger partial charge in [-0.05, 0) is 12.1 Å². The maximum absolute atomic E-state index is 4.18. The number of allylic oxidation sites excluding steroid dienone is 4. The summed E-state index contributed by atoms with van der Waals surface area (Å²) >= 11 is -0.657. The fraction of sp³-hybridized carbons (Fsp3) is 0.188. The summed E-state index contributed by atoms with van der Waals surface area (Å²) in [5.41, 5.74) is 1.06. The number of rotatable bonds is 1. The van der Waals surface area contributed by atoms with E-state index in [2.05, 4.69) is 45.8 Å². The van der Waals surface area contributed by atoms with Gasteiger partial charge in [0.25, 0.3) is 0 Å². The molecule has 1 aliphatic carbocycles. The first-order valence-electron chi connectivity index (χ1n) is 6.23. The van der Waals surface area contributed by atoms with Crippen LogP contribution in [0.4, 0.5) is 0 Å². The van der Waals surface area contributed by atoms with Crippen LogP contribution in [0, 0.1) is 0 Å². The maximum Gasteiger partial charge on any atom is 0.0701 e. The molecule has 2 aromatic rings. The maximum atomic E-state index is 4.18. The van der Waals surface area contributed by atoms with Crippen molar-refractivity contribution in [3.63, 3.8) is 0 Å². The molecule has 0 amide bonds. The molecule has 1 heterocycles. The van der Waals surface area contributed by atoms with Crippen LogP contribution in [0.2, 0.25) is 10.5 Å². The molecule has 3 rings (SSSR count). The zero-order chi connectivity index (χ0) is 12.8. The van der Waals surface area contributed by atoms with Gasteiger partial charge in [-0.15, -0.1) is 0 Å². The van der Waals surface area contributed by atoms with Gasteiger partial charge in [0, 0.05) is 11.6 Å². The van der Waals surface area contributed by atoms with Crippen LogP contribution in [0.1, 0.15) is 6.42 Å². The first-order chi connectivity index (χ1) is 8.77. The topological polar surface area (TPSA) is 12.9 Å². The Bertz CT molecular complexity index is 505. The summed E-state index contributed by atoms with van der Waals surface area (Å²) in [6, 6.07) is 12.1. The van der Waals surface area contributed by atoms with Crippen molar-refractivity contribution in [2.75, 3.05) is 0 Å². The molecule has 1 aliphatic rings.